The molecule has 1 fully saturated rings. The van der Waals surface area contributed by atoms with Gasteiger partial charge >= 0.3 is 5.69 Å². The molecule has 0 amide bonds. The van der Waals surface area contributed by atoms with E-state index < -0.39 is 0 Å². The van der Waals surface area contributed by atoms with Gasteiger partial charge < -0.3 is 16.0 Å². The molecule has 35 heavy (non-hydrogen) atoms. The van der Waals surface area contributed by atoms with Crippen LogP contribution in [-0.4, -0.2) is 39.5 Å². The lowest BCUT2D eigenvalue weighted by Gasteiger charge is -2.24. The minimum Gasteiger partial charge on any atom is -0.384 e. The van der Waals surface area contributed by atoms with Gasteiger partial charge in [-0.25, -0.2) is 13.6 Å². The van der Waals surface area contributed by atoms with E-state index in [1.54, 1.807) is 31.3 Å². The molecule has 3 N–H and O–H groups in total. The summed E-state index contributed by atoms with van der Waals surface area (Å²) in [5.74, 6) is -0.154. The second kappa shape index (κ2) is 10.5. The van der Waals surface area contributed by atoms with Crippen molar-refractivity contribution >= 4 is 29.6 Å². The summed E-state index contributed by atoms with van der Waals surface area (Å²) in [5.41, 5.74) is 8.05. The first-order valence-electron chi connectivity index (χ1n) is 11.4. The molecule has 7 nitrogen and oxygen atoms in total. The Morgan fingerprint density at radius 1 is 1.11 bits per heavy atom. The number of nitrogens with one attached hydrogen (secondary N) is 1. The molecule has 1 unspecified atom stereocenters. The lowest BCUT2D eigenvalue weighted by molar-refractivity contribution is 0.279. The molecule has 1 aliphatic rings. The van der Waals surface area contributed by atoms with E-state index in [0.717, 1.165) is 24.9 Å². The van der Waals surface area contributed by atoms with Crippen molar-refractivity contribution in [1.29, 1.82) is 0 Å². The molecule has 1 atom stereocenters. The van der Waals surface area contributed by atoms with Crippen LogP contribution in [0.5, 0.6) is 0 Å². The van der Waals surface area contributed by atoms with Gasteiger partial charge in [-0.3, -0.25) is 14.1 Å². The molecule has 0 aliphatic carbocycles. The van der Waals surface area contributed by atoms with Crippen molar-refractivity contribution in [3.8, 4) is 0 Å². The molecule has 0 saturated carbocycles. The summed E-state index contributed by atoms with van der Waals surface area (Å²) in [6.07, 6.45) is 2.03. The second-order valence-electron chi connectivity index (χ2n) is 8.72. The third-order valence-corrected chi connectivity index (χ3v) is 6.80. The van der Waals surface area contributed by atoms with Gasteiger partial charge in [-0.2, -0.15) is 0 Å². The van der Waals surface area contributed by atoms with Crippen LogP contribution in [-0.2, 0) is 20.1 Å². The van der Waals surface area contributed by atoms with Crippen LogP contribution in [0.25, 0.3) is 0 Å². The van der Waals surface area contributed by atoms with E-state index in [1.165, 1.54) is 33.4 Å². The zero-order valence-corrected chi connectivity index (χ0v) is 20.5. The molecule has 184 valence electrons. The molecule has 0 bridgehead atoms. The number of amidine groups is 1. The van der Waals surface area contributed by atoms with Gasteiger partial charge in [0.15, 0.2) is 0 Å². The molecule has 2 aromatic carbocycles. The number of hydrogen-bond acceptors (Lipinski definition) is 5. The van der Waals surface area contributed by atoms with E-state index in [-0.39, 0.29) is 40.4 Å². The Morgan fingerprint density at radius 3 is 2.34 bits per heavy atom. The van der Waals surface area contributed by atoms with Crippen LogP contribution in [0.2, 0.25) is 0 Å². The summed E-state index contributed by atoms with van der Waals surface area (Å²) in [7, 11) is 3.64. The van der Waals surface area contributed by atoms with Crippen LogP contribution in [0.1, 0.15) is 24.0 Å². The zero-order valence-electron chi connectivity index (χ0n) is 19.7. The molecule has 1 aliphatic heterocycles. The smallest absolute Gasteiger partial charge is 0.330 e. The quantitative estimate of drug-likeness (QED) is 0.306. The number of likely N-dealkylation sites (tertiary alicyclic amines) is 1. The Kier molecular flexibility index (Phi) is 7.42. The van der Waals surface area contributed by atoms with Crippen molar-refractivity contribution in [3.63, 3.8) is 0 Å². The predicted octanol–water partition coefficient (Wildman–Crippen LogP) is 3.93. The first kappa shape index (κ1) is 24.7. The largest absolute Gasteiger partial charge is 0.384 e. The van der Waals surface area contributed by atoms with E-state index in [9.17, 15) is 13.6 Å². The molecule has 3 aromatic rings. The highest BCUT2D eigenvalue weighted by Gasteiger charge is 2.25. The molecule has 10 heteroatoms. The second-order valence-corrected chi connectivity index (χ2v) is 9.10. The average Bonchev–Trinajstić information content (AvgIpc) is 3.25. The van der Waals surface area contributed by atoms with E-state index in [2.05, 4.69) is 10.2 Å². The van der Waals surface area contributed by atoms with Gasteiger partial charge in [0, 0.05) is 25.3 Å². The van der Waals surface area contributed by atoms with Crippen LogP contribution >= 0.6 is 12.2 Å². The van der Waals surface area contributed by atoms with Crippen LogP contribution < -0.4 is 16.7 Å². The Labute approximate surface area is 207 Å². The number of nitrogen functional groups attached to an aromatic ring is 1. The monoisotopic (exact) mass is 498 g/mol. The van der Waals surface area contributed by atoms with Crippen molar-refractivity contribution in [2.45, 2.75) is 32.0 Å². The number of rotatable bonds is 6. The first-order chi connectivity index (χ1) is 16.7. The lowest BCUT2D eigenvalue weighted by Crippen LogP contribution is -2.40. The normalized spacial score (nSPS) is 16.6. The van der Waals surface area contributed by atoms with Gasteiger partial charge in [0.25, 0.3) is 0 Å². The van der Waals surface area contributed by atoms with Gasteiger partial charge in [-0.05, 0) is 68.4 Å². The van der Waals surface area contributed by atoms with Crippen molar-refractivity contribution in [2.24, 2.45) is 12.0 Å². The molecule has 0 spiro atoms. The first-order valence-corrected chi connectivity index (χ1v) is 11.8. The molecular weight excluding hydrogens is 470 g/mol. The van der Waals surface area contributed by atoms with E-state index in [0.29, 0.717) is 23.6 Å². The number of nitrogens with zero attached hydrogens (tertiary/aromatic N) is 4. The van der Waals surface area contributed by atoms with Gasteiger partial charge in [0.05, 0.1) is 12.1 Å². The maximum Gasteiger partial charge on any atom is 0.330 e. The number of aliphatic imine (C=N–C) groups is 1. The summed E-state index contributed by atoms with van der Waals surface area (Å²) in [5, 5.41) is 3.19. The Hall–Kier alpha value is -3.37. The SMILES string of the molecule is CN1CCCC1Cn1c(N)c(C(=NCc2ccc(F)cc2)Nc2ccc(F)cc2)c(=S)n(C)c1=O. The highest BCUT2D eigenvalue weighted by Crippen LogP contribution is 2.21. The highest BCUT2D eigenvalue weighted by atomic mass is 32.1. The number of likely N-dealkylation sites (N-methyl/N-ethyl adjacent to an activating group) is 1. The summed E-state index contributed by atoms with van der Waals surface area (Å²) in [6.45, 7) is 1.61. The molecule has 4 rings (SSSR count). The Bertz CT molecular complexity index is 1350. The number of aromatic nitrogens is 2. The summed E-state index contributed by atoms with van der Waals surface area (Å²) in [6, 6.07) is 12.0. The molecular formula is C25H28F2N6OS. The molecule has 1 aromatic heterocycles. The van der Waals surface area contributed by atoms with Gasteiger partial charge in [-0.1, -0.05) is 24.4 Å². The fourth-order valence-corrected chi connectivity index (χ4v) is 4.49. The van der Waals surface area contributed by atoms with E-state index in [4.69, 9.17) is 22.9 Å². The minimum absolute atomic E-state index is 0.184. The average molecular weight is 499 g/mol. The third-order valence-electron chi connectivity index (χ3n) is 6.32. The molecule has 2 heterocycles. The number of hydrogen-bond donors (Lipinski definition) is 2. The van der Waals surface area contributed by atoms with Gasteiger partial charge in [0.2, 0.25) is 0 Å². The van der Waals surface area contributed by atoms with Crippen molar-refractivity contribution in [1.82, 2.24) is 14.0 Å². The summed E-state index contributed by atoms with van der Waals surface area (Å²) in [4.78, 5) is 20.0. The maximum atomic E-state index is 13.5. The Balaban J connectivity index is 1.80. The number of anilines is 2. The standard InChI is InChI=1S/C25H28F2N6OS/c1-31-13-3-4-20(31)15-33-22(28)21(24(35)32(2)25(33)34)23(30-19-11-9-18(27)10-12-19)29-14-16-5-7-17(26)8-6-16/h5-12,20H,3-4,13-15,28H2,1-2H3,(H,29,30). The predicted molar refractivity (Wildman–Crippen MR) is 137 cm³/mol. The summed E-state index contributed by atoms with van der Waals surface area (Å²) >= 11 is 5.62. The van der Waals surface area contributed by atoms with Gasteiger partial charge in [-0.15, -0.1) is 0 Å². The van der Waals surface area contributed by atoms with Gasteiger partial charge in [0.1, 0.15) is 27.9 Å². The zero-order chi connectivity index (χ0) is 25.1. The summed E-state index contributed by atoms with van der Waals surface area (Å²) < 4.78 is 30.0. The van der Waals surface area contributed by atoms with Crippen LogP contribution in [0, 0.1) is 16.3 Å². The fourth-order valence-electron chi connectivity index (χ4n) is 4.21. The maximum absolute atomic E-state index is 13.5. The van der Waals surface area contributed by atoms with Crippen molar-refractivity contribution in [2.75, 3.05) is 24.6 Å². The Morgan fingerprint density at radius 2 is 1.74 bits per heavy atom. The highest BCUT2D eigenvalue weighted by molar-refractivity contribution is 7.71. The van der Waals surface area contributed by atoms with Crippen LogP contribution in [0.4, 0.5) is 20.3 Å². The van der Waals surface area contributed by atoms with Crippen LogP contribution in [0.15, 0.2) is 58.3 Å². The van der Waals surface area contributed by atoms with Crippen LogP contribution in [0.3, 0.4) is 0 Å². The topological polar surface area (TPSA) is 80.6 Å². The molecule has 0 radical (unpaired) electrons. The van der Waals surface area contributed by atoms with Crippen molar-refractivity contribution < 1.29 is 8.78 Å². The lowest BCUT2D eigenvalue weighted by atomic mass is 10.2. The van der Waals surface area contributed by atoms with Crippen molar-refractivity contribution in [3.05, 3.63) is 86.4 Å². The number of halogens is 2. The van der Waals surface area contributed by atoms with E-state index >= 15 is 0 Å². The third kappa shape index (κ3) is 5.49. The number of nitrogens with two attached hydrogens (primary N) is 1. The number of benzene rings is 2. The molecule has 1 saturated heterocycles. The minimum atomic E-state index is -0.371. The fraction of sp³-hybridized carbons (Fsp3) is 0.320. The van der Waals surface area contributed by atoms with E-state index in [1.807, 2.05) is 7.05 Å².